The Morgan fingerprint density at radius 1 is 0.159 bits per heavy atom. The largest absolute Gasteiger partial charge is 0.491 e. The van der Waals surface area contributed by atoms with Crippen molar-refractivity contribution < 1.29 is 33.2 Å². The fraction of sp³-hybridized carbons (Fsp3) is 0.488. The Morgan fingerprint density at radius 2 is 0.318 bits per heavy atom. The minimum Gasteiger partial charge on any atom is -0.491 e. The summed E-state index contributed by atoms with van der Waals surface area (Å²) >= 11 is 0. The van der Waals surface area contributed by atoms with Gasteiger partial charge in [-0.05, 0) is 279 Å². The molecule has 7 nitrogen and oxygen atoms in total. The summed E-state index contributed by atoms with van der Waals surface area (Å²) in [5.41, 5.74) is 14.3. The van der Waals surface area contributed by atoms with Gasteiger partial charge in [0.05, 0.1) is 74.1 Å². The molecule has 0 aliphatic rings. The molecule has 10 aromatic carbocycles. The first-order chi connectivity index (χ1) is 65.1. The molecule has 0 bridgehead atoms. The van der Waals surface area contributed by atoms with E-state index in [0.717, 1.165) is 287 Å². The summed E-state index contributed by atoms with van der Waals surface area (Å²) in [6, 6.07) is 57.5. The minimum absolute atomic E-state index is 0.382. The summed E-state index contributed by atoms with van der Waals surface area (Å²) < 4.78 is 49.1. The molecule has 0 amide bonds. The van der Waals surface area contributed by atoms with Gasteiger partial charge in [0.15, 0.2) is 40.2 Å². The highest BCUT2D eigenvalue weighted by molar-refractivity contribution is 6.27. The molecular formula is C125H158O7. The van der Waals surface area contributed by atoms with Gasteiger partial charge in [0.2, 0.25) is 0 Å². The van der Waals surface area contributed by atoms with E-state index in [0.29, 0.717) is 79.8 Å². The quantitative estimate of drug-likeness (QED) is 0.0214. The first-order valence-corrected chi connectivity index (χ1v) is 52.4. The van der Waals surface area contributed by atoms with Crippen LogP contribution in [-0.2, 0) is 32.1 Å². The predicted molar refractivity (Wildman–Crippen MR) is 561 cm³/mol. The van der Waals surface area contributed by atoms with E-state index in [4.69, 9.17) is 33.2 Å². The van der Waals surface area contributed by atoms with Crippen molar-refractivity contribution in [1.29, 1.82) is 0 Å². The Bertz CT molecular complexity index is 5180. The van der Waals surface area contributed by atoms with Gasteiger partial charge in [-0.3, -0.25) is 0 Å². The Kier molecular flexibility index (Phi) is 48.0. The van der Waals surface area contributed by atoms with Gasteiger partial charge < -0.3 is 33.2 Å². The van der Waals surface area contributed by atoms with E-state index in [1.165, 1.54) is 118 Å². The molecule has 0 spiro atoms. The van der Waals surface area contributed by atoms with Gasteiger partial charge in [-0.15, -0.1) is 0 Å². The highest BCUT2D eigenvalue weighted by atomic mass is 16.5. The number of benzene rings is 10. The normalized spacial score (nSPS) is 11.0. The van der Waals surface area contributed by atoms with Gasteiger partial charge in [-0.2, -0.15) is 0 Å². The third kappa shape index (κ3) is 34.8. The van der Waals surface area contributed by atoms with Crippen LogP contribution < -0.4 is 33.2 Å². The smallest absolute Gasteiger partial charge is 0.161 e. The highest BCUT2D eigenvalue weighted by Crippen LogP contribution is 2.48. The second kappa shape index (κ2) is 61.2. The summed E-state index contributed by atoms with van der Waals surface area (Å²) in [5.74, 6) is 42.6. The maximum absolute atomic E-state index is 7.53. The van der Waals surface area contributed by atoms with Gasteiger partial charge in [0.25, 0.3) is 0 Å². The van der Waals surface area contributed by atoms with Crippen molar-refractivity contribution in [3.8, 4) is 99.5 Å². The standard InChI is InChI=1S/C125H158O7/c1-11-21-31-43-85-126-119-92-113-114-93-120(127-86-44-32-22-12-2)122(129-88-46-34-24-14-4)95-116(114)118-97-124(123(130-89-47-35-25-15-5)96-117(118)115(113)94-121(119)128-87-45-33-23-13-3)131-90-48-36-37-49-91-132-125-111(83-78-106-71-61-101(62-72-106)53-41-29-19-9)109(81-76-104-67-57-99(58-68-104)51-39-27-17-7)108(80-75-103-65-55-98(56-66-103)50-38-26-16-6)110(82-77-105-69-59-100(60-70-105)52-40-28-18-8)112(125)84-79-107-73-63-102(64-74-107)54-42-30-20-10/h55-74,92-97H,11-54,85-91H2,1-10H3. The van der Waals surface area contributed by atoms with Crippen LogP contribution in [0.3, 0.4) is 0 Å². The van der Waals surface area contributed by atoms with Crippen LogP contribution in [-0.4, -0.2) is 46.2 Å². The van der Waals surface area contributed by atoms with Crippen molar-refractivity contribution in [2.45, 2.75) is 352 Å². The molecule has 0 radical (unpaired) electrons. The number of hydrogen-bond acceptors (Lipinski definition) is 7. The number of unbranched alkanes of at least 4 members (excludes halogenated alkanes) is 28. The third-order valence-corrected chi connectivity index (χ3v) is 25.2. The third-order valence-electron chi connectivity index (χ3n) is 25.2. The topological polar surface area (TPSA) is 64.6 Å². The number of ether oxygens (including phenoxy) is 7. The zero-order valence-electron chi connectivity index (χ0n) is 82.9. The van der Waals surface area contributed by atoms with Crippen molar-refractivity contribution >= 4 is 32.3 Å². The van der Waals surface area contributed by atoms with E-state index in [1.807, 2.05) is 0 Å². The molecule has 10 rings (SSSR count). The fourth-order valence-corrected chi connectivity index (χ4v) is 17.0. The van der Waals surface area contributed by atoms with Crippen molar-refractivity contribution in [1.82, 2.24) is 0 Å². The fourth-order valence-electron chi connectivity index (χ4n) is 17.0. The molecule has 0 saturated heterocycles. The summed E-state index contributed by atoms with van der Waals surface area (Å²) in [7, 11) is 0. The van der Waals surface area contributed by atoms with Crippen LogP contribution in [0.15, 0.2) is 158 Å². The second-order valence-corrected chi connectivity index (χ2v) is 36.4. The molecule has 0 aromatic heterocycles. The minimum atomic E-state index is 0.382. The van der Waals surface area contributed by atoms with E-state index in [9.17, 15) is 0 Å². The summed E-state index contributed by atoms with van der Waals surface area (Å²) in [5, 5.41) is 6.39. The molecular weight excluding hydrogens is 1610 g/mol. The lowest BCUT2D eigenvalue weighted by atomic mass is 9.89. The van der Waals surface area contributed by atoms with Crippen LogP contribution in [0.4, 0.5) is 0 Å². The second-order valence-electron chi connectivity index (χ2n) is 36.4. The van der Waals surface area contributed by atoms with Crippen LogP contribution in [0.2, 0.25) is 0 Å². The van der Waals surface area contributed by atoms with Crippen LogP contribution in [0.1, 0.15) is 403 Å². The van der Waals surface area contributed by atoms with E-state index in [2.05, 4.69) is 286 Å². The zero-order valence-corrected chi connectivity index (χ0v) is 82.9. The van der Waals surface area contributed by atoms with Gasteiger partial charge in [-0.1, -0.05) is 350 Å². The maximum atomic E-state index is 7.53. The van der Waals surface area contributed by atoms with Crippen molar-refractivity contribution in [2.24, 2.45) is 0 Å². The monoisotopic (exact) mass is 1770 g/mol. The lowest BCUT2D eigenvalue weighted by Crippen LogP contribution is -2.08. The zero-order chi connectivity index (χ0) is 92.6. The predicted octanol–water partition coefficient (Wildman–Crippen LogP) is 33.6. The van der Waals surface area contributed by atoms with Crippen molar-refractivity contribution in [3.63, 3.8) is 0 Å². The molecule has 0 atom stereocenters. The molecule has 700 valence electrons. The molecule has 0 fully saturated rings. The molecule has 10 aromatic rings. The van der Waals surface area contributed by atoms with Gasteiger partial charge in [0, 0.05) is 27.8 Å². The lowest BCUT2D eigenvalue weighted by molar-refractivity contribution is 0.257. The lowest BCUT2D eigenvalue weighted by Gasteiger charge is -2.21. The average Bonchev–Trinajstić information content (AvgIpc) is 0.729. The summed E-state index contributed by atoms with van der Waals surface area (Å²) in [4.78, 5) is 0. The molecule has 0 unspecified atom stereocenters. The number of rotatable bonds is 59. The molecule has 0 N–H and O–H groups in total. The van der Waals surface area contributed by atoms with E-state index in [1.54, 1.807) is 0 Å². The van der Waals surface area contributed by atoms with E-state index >= 15 is 0 Å². The first-order valence-electron chi connectivity index (χ1n) is 52.4. The number of hydrogen-bond donors (Lipinski definition) is 0. The van der Waals surface area contributed by atoms with Gasteiger partial charge in [-0.25, -0.2) is 0 Å². The van der Waals surface area contributed by atoms with Crippen molar-refractivity contribution in [2.75, 3.05) is 46.2 Å². The van der Waals surface area contributed by atoms with E-state index in [-0.39, 0.29) is 0 Å². The number of fused-ring (bicyclic) bond motifs is 6. The van der Waals surface area contributed by atoms with E-state index < -0.39 is 0 Å². The Labute approximate surface area is 799 Å². The van der Waals surface area contributed by atoms with Crippen LogP contribution in [0.5, 0.6) is 40.2 Å². The van der Waals surface area contributed by atoms with Crippen LogP contribution >= 0.6 is 0 Å². The first kappa shape index (κ1) is 103. The SMILES string of the molecule is CCCCCCOc1cc2c3cc(OCCCCCC)c(OCCCCCC)cc3c3cc(OCCCCCCOc4c(C#Cc5ccc(CCCCC)cc5)c(C#Cc5ccc(CCCCC)cc5)c(C#Cc5ccc(CCCCC)cc5)c(C#Cc5ccc(CCCCC)cc5)c4C#Cc4ccc(CCCCC)cc4)c(OCCCCCC)cc3c2cc1OCCCCCC. The van der Waals surface area contributed by atoms with Gasteiger partial charge >= 0.3 is 0 Å². The number of aryl methyl sites for hydroxylation is 5. The molecule has 0 aliphatic carbocycles. The van der Waals surface area contributed by atoms with Crippen LogP contribution in [0.25, 0.3) is 32.3 Å². The Hall–Kier alpha value is -10.6. The van der Waals surface area contributed by atoms with Crippen LogP contribution in [0, 0.1) is 59.2 Å². The molecule has 132 heavy (non-hydrogen) atoms. The molecule has 7 heteroatoms. The Balaban J connectivity index is 1.09. The van der Waals surface area contributed by atoms with Gasteiger partial charge in [0.1, 0.15) is 0 Å². The molecule has 0 aliphatic heterocycles. The highest BCUT2D eigenvalue weighted by Gasteiger charge is 2.25. The molecule has 0 saturated carbocycles. The Morgan fingerprint density at radius 3 is 0.508 bits per heavy atom. The van der Waals surface area contributed by atoms with Crippen molar-refractivity contribution in [3.05, 3.63) is 241 Å². The summed E-state index contributed by atoms with van der Waals surface area (Å²) in [6.07, 6.45) is 48.2. The summed E-state index contributed by atoms with van der Waals surface area (Å²) in [6.45, 7) is 26.5. The molecule has 0 heterocycles. The maximum Gasteiger partial charge on any atom is 0.161 e. The average molecular weight is 1770 g/mol.